The van der Waals surface area contributed by atoms with Crippen molar-refractivity contribution in [3.05, 3.63) is 65.7 Å². The monoisotopic (exact) mass is 298 g/mol. The highest BCUT2D eigenvalue weighted by Crippen LogP contribution is 2.42. The molecule has 1 fully saturated rings. The van der Waals surface area contributed by atoms with Gasteiger partial charge in [0.1, 0.15) is 5.82 Å². The molecule has 3 rings (SSSR count). The van der Waals surface area contributed by atoms with Crippen molar-refractivity contribution in [1.29, 1.82) is 0 Å². The molecule has 0 aliphatic carbocycles. The highest BCUT2D eigenvalue weighted by Gasteiger charge is 2.42. The first-order valence-corrected chi connectivity index (χ1v) is 7.42. The lowest BCUT2D eigenvalue weighted by atomic mass is 9.78. The summed E-state index contributed by atoms with van der Waals surface area (Å²) in [6.07, 6.45) is 2.53. The summed E-state index contributed by atoms with van der Waals surface area (Å²) in [5.74, 6) is -0.360. The van der Waals surface area contributed by atoms with Crippen molar-refractivity contribution in [2.24, 2.45) is 5.41 Å². The summed E-state index contributed by atoms with van der Waals surface area (Å²) in [5, 5.41) is 0. The van der Waals surface area contributed by atoms with Crippen molar-refractivity contribution < 1.29 is 9.18 Å². The average molecular weight is 298 g/mol. The van der Waals surface area contributed by atoms with E-state index >= 15 is 0 Å². The van der Waals surface area contributed by atoms with E-state index in [-0.39, 0.29) is 17.2 Å². The highest BCUT2D eigenvalue weighted by molar-refractivity contribution is 5.94. The lowest BCUT2D eigenvalue weighted by Crippen LogP contribution is -2.30. The first-order chi connectivity index (χ1) is 10.5. The Hall–Kier alpha value is -2.23. The molecule has 1 amide bonds. The molecule has 0 saturated carbocycles. The third-order valence-corrected chi connectivity index (χ3v) is 4.39. The van der Waals surface area contributed by atoms with Crippen LogP contribution >= 0.6 is 0 Å². The molecule has 22 heavy (non-hydrogen) atoms. The number of hydrogen-bond acceptors (Lipinski definition) is 2. The van der Waals surface area contributed by atoms with Crippen LogP contribution in [0.2, 0.25) is 0 Å². The lowest BCUT2D eigenvalue weighted by Gasteiger charge is -2.25. The van der Waals surface area contributed by atoms with Crippen LogP contribution in [0.3, 0.4) is 0 Å². The van der Waals surface area contributed by atoms with E-state index in [9.17, 15) is 9.18 Å². The molecule has 1 aliphatic heterocycles. The highest BCUT2D eigenvalue weighted by atomic mass is 19.1. The molecule has 3 nitrogen and oxygen atoms in total. The molecule has 2 heterocycles. The van der Waals surface area contributed by atoms with Gasteiger partial charge in [0.05, 0.1) is 11.8 Å². The Morgan fingerprint density at radius 3 is 2.68 bits per heavy atom. The number of aromatic nitrogens is 1. The number of hydrogen-bond donors (Lipinski definition) is 0. The molecule has 114 valence electrons. The second-order valence-electron chi connectivity index (χ2n) is 6.53. The van der Waals surface area contributed by atoms with Gasteiger partial charge in [-0.3, -0.25) is 9.78 Å². The molecule has 1 aromatic carbocycles. The summed E-state index contributed by atoms with van der Waals surface area (Å²) >= 11 is 0. The number of benzene rings is 1. The Balaban J connectivity index is 1.84. The van der Waals surface area contributed by atoms with E-state index < -0.39 is 5.82 Å². The number of carbonyl (C=O) groups excluding carboxylic acids is 1. The maximum absolute atomic E-state index is 13.3. The smallest absolute Gasteiger partial charge is 0.255 e. The summed E-state index contributed by atoms with van der Waals surface area (Å²) in [7, 11) is 0. The Morgan fingerprint density at radius 2 is 2.00 bits per heavy atom. The van der Waals surface area contributed by atoms with Gasteiger partial charge in [-0.25, -0.2) is 4.39 Å². The van der Waals surface area contributed by atoms with Gasteiger partial charge in [-0.1, -0.05) is 44.2 Å². The van der Waals surface area contributed by atoms with Gasteiger partial charge in [0.15, 0.2) is 0 Å². The molecular weight excluding hydrogens is 279 g/mol. The lowest BCUT2D eigenvalue weighted by molar-refractivity contribution is 0.0777. The van der Waals surface area contributed by atoms with E-state index in [2.05, 4.69) is 31.0 Å². The largest absolute Gasteiger partial charge is 0.337 e. The molecule has 4 heteroatoms. The van der Waals surface area contributed by atoms with E-state index in [1.807, 2.05) is 18.2 Å². The van der Waals surface area contributed by atoms with Crippen LogP contribution in [0.4, 0.5) is 4.39 Å². The quantitative estimate of drug-likeness (QED) is 0.850. The second-order valence-corrected chi connectivity index (χ2v) is 6.53. The summed E-state index contributed by atoms with van der Waals surface area (Å²) in [4.78, 5) is 18.2. The van der Waals surface area contributed by atoms with E-state index in [0.29, 0.717) is 18.7 Å². The number of halogens is 1. The molecule has 1 aromatic heterocycles. The van der Waals surface area contributed by atoms with Crippen molar-refractivity contribution in [1.82, 2.24) is 9.88 Å². The van der Waals surface area contributed by atoms with Gasteiger partial charge >= 0.3 is 0 Å². The van der Waals surface area contributed by atoms with Crippen LogP contribution in [0.25, 0.3) is 0 Å². The van der Waals surface area contributed by atoms with Gasteiger partial charge in [-0.2, -0.15) is 0 Å². The van der Waals surface area contributed by atoms with Crippen LogP contribution in [0.1, 0.15) is 35.7 Å². The number of likely N-dealkylation sites (tertiary alicyclic amines) is 1. The van der Waals surface area contributed by atoms with E-state index in [1.165, 1.54) is 17.8 Å². The molecule has 0 N–H and O–H groups in total. The van der Waals surface area contributed by atoms with Crippen LogP contribution in [-0.4, -0.2) is 28.9 Å². The van der Waals surface area contributed by atoms with Crippen LogP contribution in [0, 0.1) is 11.2 Å². The predicted octanol–water partition coefficient (Wildman–Crippen LogP) is 3.49. The molecular formula is C18H19FN2O. The van der Waals surface area contributed by atoms with Crippen LogP contribution in [0.5, 0.6) is 0 Å². The third-order valence-electron chi connectivity index (χ3n) is 4.39. The normalized spacial score (nSPS) is 20.1. The van der Waals surface area contributed by atoms with E-state index in [0.717, 1.165) is 6.20 Å². The van der Waals surface area contributed by atoms with E-state index in [4.69, 9.17) is 0 Å². The van der Waals surface area contributed by atoms with E-state index in [1.54, 1.807) is 4.90 Å². The molecule has 1 atom stereocenters. The Morgan fingerprint density at radius 1 is 1.27 bits per heavy atom. The predicted molar refractivity (Wildman–Crippen MR) is 83.1 cm³/mol. The molecule has 0 unspecified atom stereocenters. The summed E-state index contributed by atoms with van der Waals surface area (Å²) in [6.45, 7) is 5.64. The average Bonchev–Trinajstić information content (AvgIpc) is 2.83. The first kappa shape index (κ1) is 14.7. The summed E-state index contributed by atoms with van der Waals surface area (Å²) in [6, 6.07) is 11.5. The van der Waals surface area contributed by atoms with Gasteiger partial charge in [0.2, 0.25) is 0 Å². The Bertz CT molecular complexity index is 684. The number of amides is 1. The minimum atomic E-state index is -0.482. The Kier molecular flexibility index (Phi) is 3.69. The Labute approximate surface area is 129 Å². The fraction of sp³-hybridized carbons (Fsp3) is 0.333. The van der Waals surface area contributed by atoms with Gasteiger partial charge in [0, 0.05) is 25.2 Å². The van der Waals surface area contributed by atoms with Gasteiger partial charge < -0.3 is 4.90 Å². The maximum Gasteiger partial charge on any atom is 0.255 e. The SMILES string of the molecule is CC1(C)CN(C(=O)c2cncc(F)c2)C[C@@H]1c1ccccc1. The molecule has 1 saturated heterocycles. The molecule has 0 bridgehead atoms. The standard InChI is InChI=1S/C18H19FN2O/c1-18(2)12-21(11-16(18)13-6-4-3-5-7-13)17(22)14-8-15(19)10-20-9-14/h3-10,16H,11-12H2,1-2H3/t16-/m1/s1. The van der Waals surface area contributed by atoms with Crippen LogP contribution in [-0.2, 0) is 0 Å². The minimum Gasteiger partial charge on any atom is -0.337 e. The maximum atomic E-state index is 13.3. The third kappa shape index (κ3) is 2.73. The minimum absolute atomic E-state index is 0.0161. The molecule has 0 radical (unpaired) electrons. The zero-order chi connectivity index (χ0) is 15.7. The zero-order valence-electron chi connectivity index (χ0n) is 12.8. The fourth-order valence-electron chi connectivity index (χ4n) is 3.24. The molecule has 0 spiro atoms. The number of carbonyl (C=O) groups is 1. The molecule has 2 aromatic rings. The van der Waals surface area contributed by atoms with Gasteiger partial charge in [-0.15, -0.1) is 0 Å². The van der Waals surface area contributed by atoms with Crippen molar-refractivity contribution in [2.75, 3.05) is 13.1 Å². The zero-order valence-corrected chi connectivity index (χ0v) is 12.8. The van der Waals surface area contributed by atoms with Crippen molar-refractivity contribution in [3.8, 4) is 0 Å². The van der Waals surface area contributed by atoms with Crippen molar-refractivity contribution in [3.63, 3.8) is 0 Å². The first-order valence-electron chi connectivity index (χ1n) is 7.42. The van der Waals surface area contributed by atoms with Crippen LogP contribution < -0.4 is 0 Å². The van der Waals surface area contributed by atoms with Gasteiger partial charge in [0.25, 0.3) is 5.91 Å². The summed E-state index contributed by atoms with van der Waals surface area (Å²) < 4.78 is 13.3. The number of nitrogens with zero attached hydrogens (tertiary/aromatic N) is 2. The summed E-state index contributed by atoms with van der Waals surface area (Å²) in [5.41, 5.74) is 1.53. The van der Waals surface area contributed by atoms with Crippen molar-refractivity contribution in [2.45, 2.75) is 19.8 Å². The van der Waals surface area contributed by atoms with Crippen molar-refractivity contribution >= 4 is 5.91 Å². The molecule has 1 aliphatic rings. The second kappa shape index (κ2) is 5.52. The number of rotatable bonds is 2. The number of pyridine rings is 1. The topological polar surface area (TPSA) is 33.2 Å². The van der Waals surface area contributed by atoms with Crippen LogP contribution in [0.15, 0.2) is 48.8 Å². The van der Waals surface area contributed by atoms with Gasteiger partial charge in [-0.05, 0) is 17.0 Å². The fourth-order valence-corrected chi connectivity index (χ4v) is 3.24.